The van der Waals surface area contributed by atoms with Gasteiger partial charge in [-0.1, -0.05) is 26.7 Å². The molecule has 1 aromatic carbocycles. The molecular formula is C24H30FN5O2. The lowest BCUT2D eigenvalue weighted by Crippen LogP contribution is -2.25. The second-order valence-electron chi connectivity index (χ2n) is 8.35. The van der Waals surface area contributed by atoms with Gasteiger partial charge >= 0.3 is 0 Å². The predicted molar refractivity (Wildman–Crippen MR) is 120 cm³/mol. The maximum absolute atomic E-state index is 13.8. The summed E-state index contributed by atoms with van der Waals surface area (Å²) in [6.45, 7) is 7.50. The Bertz CT molecular complexity index is 1080. The number of aromatic nitrogens is 3. The van der Waals surface area contributed by atoms with Gasteiger partial charge < -0.3 is 9.32 Å². The molecule has 2 aromatic heterocycles. The Morgan fingerprint density at radius 3 is 2.62 bits per heavy atom. The summed E-state index contributed by atoms with van der Waals surface area (Å²) < 4.78 is 21.7. The summed E-state index contributed by atoms with van der Waals surface area (Å²) in [7, 11) is 1.70. The zero-order chi connectivity index (χ0) is 22.7. The van der Waals surface area contributed by atoms with Crippen molar-refractivity contribution in [3.8, 4) is 17.3 Å². The van der Waals surface area contributed by atoms with Crippen molar-refractivity contribution >= 4 is 5.91 Å². The summed E-state index contributed by atoms with van der Waals surface area (Å²) in [5.74, 6) is 0.563. The highest BCUT2D eigenvalue weighted by molar-refractivity contribution is 5.98. The number of fused-ring (bicyclic) bond motifs is 3. The SMILES string of the molecule is CCCCN(CCCC)Cc1cnc(-c2ncn3c2CN(C)C(=O)c2cc(F)ccc2-3)o1. The molecule has 7 nitrogen and oxygen atoms in total. The number of rotatable bonds is 9. The van der Waals surface area contributed by atoms with Crippen LogP contribution in [-0.2, 0) is 13.1 Å². The van der Waals surface area contributed by atoms with E-state index in [1.807, 2.05) is 4.57 Å². The van der Waals surface area contributed by atoms with E-state index >= 15 is 0 Å². The summed E-state index contributed by atoms with van der Waals surface area (Å²) in [6, 6.07) is 4.23. The van der Waals surface area contributed by atoms with E-state index in [1.165, 1.54) is 12.1 Å². The van der Waals surface area contributed by atoms with Crippen LogP contribution in [0.4, 0.5) is 4.39 Å². The van der Waals surface area contributed by atoms with E-state index in [4.69, 9.17) is 4.42 Å². The van der Waals surface area contributed by atoms with Crippen LogP contribution in [0.1, 0.15) is 61.3 Å². The van der Waals surface area contributed by atoms with Crippen molar-refractivity contribution in [2.75, 3.05) is 20.1 Å². The summed E-state index contributed by atoms with van der Waals surface area (Å²) in [5, 5.41) is 0. The predicted octanol–water partition coefficient (Wildman–Crippen LogP) is 4.65. The minimum Gasteiger partial charge on any atom is -0.438 e. The molecule has 170 valence electrons. The average molecular weight is 440 g/mol. The molecule has 32 heavy (non-hydrogen) atoms. The highest BCUT2D eigenvalue weighted by atomic mass is 19.1. The highest BCUT2D eigenvalue weighted by Crippen LogP contribution is 2.30. The van der Waals surface area contributed by atoms with Crippen molar-refractivity contribution in [3.05, 3.63) is 53.6 Å². The van der Waals surface area contributed by atoms with Gasteiger partial charge in [0.05, 0.1) is 36.2 Å². The van der Waals surface area contributed by atoms with E-state index in [1.54, 1.807) is 30.5 Å². The van der Waals surface area contributed by atoms with Crippen LogP contribution in [0, 0.1) is 5.82 Å². The highest BCUT2D eigenvalue weighted by Gasteiger charge is 2.28. The van der Waals surface area contributed by atoms with E-state index in [2.05, 4.69) is 28.7 Å². The molecule has 1 aliphatic rings. The molecule has 0 atom stereocenters. The molecule has 0 unspecified atom stereocenters. The van der Waals surface area contributed by atoms with Gasteiger partial charge in [-0.2, -0.15) is 0 Å². The average Bonchev–Trinajstić information content (AvgIpc) is 3.39. The lowest BCUT2D eigenvalue weighted by atomic mass is 10.1. The molecule has 0 saturated heterocycles. The fraction of sp³-hybridized carbons (Fsp3) is 0.458. The molecule has 3 aromatic rings. The first-order chi connectivity index (χ1) is 15.5. The third-order valence-corrected chi connectivity index (χ3v) is 5.84. The number of hydrogen-bond donors (Lipinski definition) is 0. The zero-order valence-corrected chi connectivity index (χ0v) is 19.0. The van der Waals surface area contributed by atoms with Crippen molar-refractivity contribution in [3.63, 3.8) is 0 Å². The van der Waals surface area contributed by atoms with E-state index in [9.17, 15) is 9.18 Å². The first-order valence-electron chi connectivity index (χ1n) is 11.3. The van der Waals surface area contributed by atoms with Crippen molar-refractivity contribution < 1.29 is 13.6 Å². The van der Waals surface area contributed by atoms with Crippen LogP contribution in [0.3, 0.4) is 0 Å². The van der Waals surface area contributed by atoms with Gasteiger partial charge in [-0.3, -0.25) is 14.3 Å². The van der Waals surface area contributed by atoms with Gasteiger partial charge in [-0.05, 0) is 44.1 Å². The van der Waals surface area contributed by atoms with Crippen LogP contribution in [0.15, 0.2) is 35.1 Å². The van der Waals surface area contributed by atoms with Gasteiger partial charge in [-0.25, -0.2) is 14.4 Å². The maximum Gasteiger partial charge on any atom is 0.256 e. The Hall–Kier alpha value is -3.00. The number of benzene rings is 1. The zero-order valence-electron chi connectivity index (χ0n) is 19.0. The van der Waals surface area contributed by atoms with E-state index in [0.717, 1.165) is 50.2 Å². The number of halogens is 1. The molecule has 1 amide bonds. The van der Waals surface area contributed by atoms with Gasteiger partial charge in [0, 0.05) is 7.05 Å². The normalized spacial score (nSPS) is 13.4. The van der Waals surface area contributed by atoms with Crippen molar-refractivity contribution in [2.45, 2.75) is 52.6 Å². The fourth-order valence-corrected chi connectivity index (χ4v) is 4.05. The van der Waals surface area contributed by atoms with Gasteiger partial charge in [0.15, 0.2) is 0 Å². The molecule has 1 aliphatic heterocycles. The van der Waals surface area contributed by atoms with Crippen LogP contribution in [0.25, 0.3) is 17.3 Å². The fourth-order valence-electron chi connectivity index (χ4n) is 4.05. The standard InChI is InChI=1S/C24H30FN5O2/c1-4-6-10-29(11-7-5-2)14-18-13-26-23(32-18)22-21-15-28(3)24(31)19-12-17(25)8-9-20(19)30(21)16-27-22/h8-9,12-13,16H,4-7,10-11,14-15H2,1-3H3. The number of imidazole rings is 1. The lowest BCUT2D eigenvalue weighted by Gasteiger charge is -2.20. The van der Waals surface area contributed by atoms with Crippen molar-refractivity contribution in [1.82, 2.24) is 24.3 Å². The first-order valence-corrected chi connectivity index (χ1v) is 11.3. The largest absolute Gasteiger partial charge is 0.438 e. The Morgan fingerprint density at radius 2 is 1.91 bits per heavy atom. The number of nitrogens with zero attached hydrogens (tertiary/aromatic N) is 5. The molecule has 8 heteroatoms. The van der Waals surface area contributed by atoms with E-state index < -0.39 is 5.82 Å². The van der Waals surface area contributed by atoms with Crippen molar-refractivity contribution in [1.29, 1.82) is 0 Å². The summed E-state index contributed by atoms with van der Waals surface area (Å²) in [5.41, 5.74) is 2.30. The molecule has 0 saturated carbocycles. The van der Waals surface area contributed by atoms with Gasteiger partial charge in [-0.15, -0.1) is 0 Å². The molecule has 3 heterocycles. The molecule has 4 rings (SSSR count). The molecule has 0 N–H and O–H groups in total. The van der Waals surface area contributed by atoms with Crippen molar-refractivity contribution in [2.24, 2.45) is 0 Å². The molecule has 0 bridgehead atoms. The van der Waals surface area contributed by atoms with Crippen LogP contribution < -0.4 is 0 Å². The van der Waals surface area contributed by atoms with Crippen LogP contribution >= 0.6 is 0 Å². The summed E-state index contributed by atoms with van der Waals surface area (Å²) in [6.07, 6.45) is 8.03. The number of oxazole rings is 1. The van der Waals surface area contributed by atoms with E-state index in [0.29, 0.717) is 35.9 Å². The smallest absolute Gasteiger partial charge is 0.256 e. The number of hydrogen-bond acceptors (Lipinski definition) is 5. The molecular weight excluding hydrogens is 409 g/mol. The summed E-state index contributed by atoms with van der Waals surface area (Å²) in [4.78, 5) is 25.8. The minimum atomic E-state index is -0.442. The van der Waals surface area contributed by atoms with Gasteiger partial charge in [0.2, 0.25) is 5.89 Å². The quantitative estimate of drug-likeness (QED) is 0.485. The Balaban J connectivity index is 1.63. The number of carbonyl (C=O) groups is 1. The van der Waals surface area contributed by atoms with E-state index in [-0.39, 0.29) is 5.91 Å². The number of amides is 1. The van der Waals surface area contributed by atoms with Crippen LogP contribution in [-0.4, -0.2) is 50.4 Å². The monoisotopic (exact) mass is 439 g/mol. The van der Waals surface area contributed by atoms with Crippen LogP contribution in [0.2, 0.25) is 0 Å². The molecule has 0 radical (unpaired) electrons. The first kappa shape index (κ1) is 22.2. The number of carbonyl (C=O) groups excluding carboxylic acids is 1. The Labute approximate surface area is 187 Å². The van der Waals surface area contributed by atoms with Gasteiger partial charge in [0.1, 0.15) is 23.6 Å². The summed E-state index contributed by atoms with van der Waals surface area (Å²) >= 11 is 0. The maximum atomic E-state index is 13.8. The second kappa shape index (κ2) is 9.65. The second-order valence-corrected chi connectivity index (χ2v) is 8.35. The molecule has 0 fully saturated rings. The molecule has 0 spiro atoms. The third-order valence-electron chi connectivity index (χ3n) is 5.84. The topological polar surface area (TPSA) is 67.4 Å². The Kier molecular flexibility index (Phi) is 6.69. The molecule has 0 aliphatic carbocycles. The number of unbranched alkanes of at least 4 members (excludes halogenated alkanes) is 2. The van der Waals surface area contributed by atoms with Gasteiger partial charge in [0.25, 0.3) is 5.91 Å². The minimum absolute atomic E-state index is 0.232. The third kappa shape index (κ3) is 4.46. The van der Waals surface area contributed by atoms with Crippen LogP contribution in [0.5, 0.6) is 0 Å². The Morgan fingerprint density at radius 1 is 1.16 bits per heavy atom. The lowest BCUT2D eigenvalue weighted by molar-refractivity contribution is 0.0787.